The van der Waals surface area contributed by atoms with E-state index in [-0.39, 0.29) is 24.0 Å². The monoisotopic (exact) mass is 199 g/mol. The normalized spacial score (nSPS) is 32.9. The molecule has 4 nitrogen and oxygen atoms in total. The molecule has 0 aromatic carbocycles. The Hall–Kier alpha value is -0.900. The lowest BCUT2D eigenvalue weighted by molar-refractivity contribution is -0.143. The predicted molar refractivity (Wildman–Crippen MR) is 51.7 cm³/mol. The van der Waals surface area contributed by atoms with Gasteiger partial charge in [-0.1, -0.05) is 13.8 Å². The van der Waals surface area contributed by atoms with E-state index >= 15 is 0 Å². The Kier molecular flexibility index (Phi) is 3.63. The molecule has 1 heterocycles. The Morgan fingerprint density at radius 3 is 2.71 bits per heavy atom. The first-order valence-corrected chi connectivity index (χ1v) is 4.91. The largest absolute Gasteiger partial charge is 0.466 e. The van der Waals surface area contributed by atoms with Gasteiger partial charge in [0, 0.05) is 18.9 Å². The minimum Gasteiger partial charge on any atom is -0.466 e. The van der Waals surface area contributed by atoms with Crippen LogP contribution in [0.4, 0.5) is 0 Å². The Morgan fingerprint density at radius 1 is 1.64 bits per heavy atom. The summed E-state index contributed by atoms with van der Waals surface area (Å²) >= 11 is 0. The second kappa shape index (κ2) is 4.55. The zero-order valence-corrected chi connectivity index (χ0v) is 8.82. The van der Waals surface area contributed by atoms with Crippen molar-refractivity contribution in [2.75, 3.05) is 6.61 Å². The number of nitrogens with one attached hydrogen (secondary N) is 1. The molecule has 80 valence electrons. The van der Waals surface area contributed by atoms with E-state index < -0.39 is 0 Å². The first kappa shape index (κ1) is 11.2. The fraction of sp³-hybridized carbons (Fsp3) is 0.800. The third-order valence-electron chi connectivity index (χ3n) is 2.83. The number of carbonyl (C=O) groups excluding carboxylic acids is 2. The number of hydrogen-bond acceptors (Lipinski definition) is 4. The van der Waals surface area contributed by atoms with Crippen molar-refractivity contribution in [2.45, 2.75) is 32.9 Å². The third-order valence-corrected chi connectivity index (χ3v) is 2.83. The molecule has 14 heavy (non-hydrogen) atoms. The van der Waals surface area contributed by atoms with Gasteiger partial charge in [-0.05, 0) is 5.92 Å². The van der Waals surface area contributed by atoms with E-state index in [0.29, 0.717) is 12.5 Å². The highest BCUT2D eigenvalue weighted by Gasteiger charge is 2.39. The van der Waals surface area contributed by atoms with Crippen molar-refractivity contribution in [3.8, 4) is 0 Å². The summed E-state index contributed by atoms with van der Waals surface area (Å²) in [6.07, 6.45) is 0.930. The molecular weight excluding hydrogens is 182 g/mol. The molecule has 0 aliphatic carbocycles. The first-order chi connectivity index (χ1) is 6.56. The van der Waals surface area contributed by atoms with Crippen LogP contribution in [0.1, 0.15) is 20.8 Å². The molecule has 0 radical (unpaired) electrons. The van der Waals surface area contributed by atoms with E-state index in [1.165, 1.54) is 6.92 Å². The minimum atomic E-state index is -0.254. The van der Waals surface area contributed by atoms with Crippen molar-refractivity contribution in [3.05, 3.63) is 0 Å². The smallest absolute Gasteiger partial charge is 0.302 e. The van der Waals surface area contributed by atoms with Crippen molar-refractivity contribution in [2.24, 2.45) is 11.8 Å². The van der Waals surface area contributed by atoms with Gasteiger partial charge in [0.1, 0.15) is 6.29 Å². The Balaban J connectivity index is 2.29. The lowest BCUT2D eigenvalue weighted by Gasteiger charge is -2.44. The van der Waals surface area contributed by atoms with Crippen LogP contribution in [0.15, 0.2) is 0 Å². The van der Waals surface area contributed by atoms with E-state index in [4.69, 9.17) is 4.74 Å². The highest BCUT2D eigenvalue weighted by molar-refractivity contribution is 5.65. The van der Waals surface area contributed by atoms with Gasteiger partial charge >= 0.3 is 5.97 Å². The van der Waals surface area contributed by atoms with Gasteiger partial charge in [-0.15, -0.1) is 0 Å². The van der Waals surface area contributed by atoms with E-state index in [0.717, 1.165) is 6.29 Å². The molecule has 1 aliphatic heterocycles. The van der Waals surface area contributed by atoms with Gasteiger partial charge in [-0.2, -0.15) is 0 Å². The van der Waals surface area contributed by atoms with Gasteiger partial charge in [-0.25, -0.2) is 0 Å². The molecule has 0 bridgehead atoms. The van der Waals surface area contributed by atoms with Gasteiger partial charge in [0.05, 0.1) is 12.6 Å². The molecule has 1 rings (SSSR count). The summed E-state index contributed by atoms with van der Waals surface area (Å²) in [6, 6.07) is 0.254. The molecule has 3 unspecified atom stereocenters. The van der Waals surface area contributed by atoms with Crippen molar-refractivity contribution in [1.29, 1.82) is 0 Å². The summed E-state index contributed by atoms with van der Waals surface area (Å²) in [4.78, 5) is 21.1. The maximum absolute atomic E-state index is 10.6. The molecule has 0 spiro atoms. The average Bonchev–Trinajstić information content (AvgIpc) is 2.13. The predicted octanol–water partition coefficient (Wildman–Crippen LogP) is 0.361. The molecule has 0 aromatic rings. The second-order valence-electron chi connectivity index (χ2n) is 3.99. The molecular formula is C10H17NO3. The maximum Gasteiger partial charge on any atom is 0.302 e. The van der Waals surface area contributed by atoms with Crippen LogP contribution in [0.5, 0.6) is 0 Å². The standard InChI is InChI=1S/C10H17NO3/c1-6(5-14-8(3)13)10-7(2)9(4-12)11-10/h4,6-7,9-11H,5H2,1-3H3/t6?,7-,9?,10?/m1/s1. The van der Waals surface area contributed by atoms with Crippen molar-refractivity contribution < 1.29 is 14.3 Å². The van der Waals surface area contributed by atoms with Crippen LogP contribution in [0.25, 0.3) is 0 Å². The van der Waals surface area contributed by atoms with E-state index in [1.54, 1.807) is 0 Å². The van der Waals surface area contributed by atoms with Gasteiger partial charge in [0.2, 0.25) is 0 Å². The third kappa shape index (κ3) is 2.32. The molecule has 1 saturated heterocycles. The van der Waals surface area contributed by atoms with Crippen LogP contribution in [0.3, 0.4) is 0 Å². The molecule has 1 aliphatic rings. The first-order valence-electron chi connectivity index (χ1n) is 4.91. The molecule has 1 fully saturated rings. The Morgan fingerprint density at radius 2 is 2.29 bits per heavy atom. The van der Waals surface area contributed by atoms with Gasteiger partial charge in [0.15, 0.2) is 0 Å². The summed E-state index contributed by atoms with van der Waals surface area (Å²) in [5.41, 5.74) is 0. The number of ether oxygens (including phenoxy) is 1. The van der Waals surface area contributed by atoms with Crippen LogP contribution in [0.2, 0.25) is 0 Å². The van der Waals surface area contributed by atoms with Gasteiger partial charge in [-0.3, -0.25) is 4.79 Å². The molecule has 0 saturated carbocycles. The van der Waals surface area contributed by atoms with Crippen molar-refractivity contribution in [3.63, 3.8) is 0 Å². The van der Waals surface area contributed by atoms with Crippen LogP contribution in [-0.2, 0) is 14.3 Å². The van der Waals surface area contributed by atoms with Crippen LogP contribution >= 0.6 is 0 Å². The summed E-state index contributed by atoms with van der Waals surface area (Å²) in [5.74, 6) is 0.332. The molecule has 0 amide bonds. The molecule has 0 aromatic heterocycles. The van der Waals surface area contributed by atoms with Crippen LogP contribution in [0, 0.1) is 11.8 Å². The number of aldehydes is 1. The molecule has 1 N–H and O–H groups in total. The zero-order valence-electron chi connectivity index (χ0n) is 8.82. The Labute approximate surface area is 84.0 Å². The molecule has 4 atom stereocenters. The zero-order chi connectivity index (χ0) is 10.7. The summed E-state index contributed by atoms with van der Waals surface area (Å²) in [5, 5.41) is 3.14. The van der Waals surface area contributed by atoms with Crippen molar-refractivity contribution >= 4 is 12.3 Å². The Bertz CT molecular complexity index is 229. The van der Waals surface area contributed by atoms with Crippen LogP contribution in [-0.4, -0.2) is 30.9 Å². The average molecular weight is 199 g/mol. The van der Waals surface area contributed by atoms with Crippen LogP contribution < -0.4 is 5.32 Å². The van der Waals surface area contributed by atoms with E-state index in [1.807, 2.05) is 13.8 Å². The number of hydrogen-bond donors (Lipinski definition) is 1. The van der Waals surface area contributed by atoms with Gasteiger partial charge in [0.25, 0.3) is 0 Å². The quantitative estimate of drug-likeness (QED) is 0.524. The number of carbonyl (C=O) groups is 2. The summed E-state index contributed by atoms with van der Waals surface area (Å²) in [7, 11) is 0. The highest BCUT2D eigenvalue weighted by Crippen LogP contribution is 2.25. The lowest BCUT2D eigenvalue weighted by Crippen LogP contribution is -2.64. The summed E-state index contributed by atoms with van der Waals surface area (Å²) < 4.78 is 4.91. The fourth-order valence-electron chi connectivity index (χ4n) is 1.83. The van der Waals surface area contributed by atoms with E-state index in [2.05, 4.69) is 5.32 Å². The minimum absolute atomic E-state index is 0.0280. The SMILES string of the molecule is CC(=O)OCC(C)C1NC(C=O)[C@H]1C. The topological polar surface area (TPSA) is 55.4 Å². The maximum atomic E-state index is 10.6. The summed E-state index contributed by atoms with van der Waals surface area (Å²) in [6.45, 7) is 5.87. The number of rotatable bonds is 4. The molecule has 4 heteroatoms. The van der Waals surface area contributed by atoms with Crippen molar-refractivity contribution in [1.82, 2.24) is 5.32 Å². The number of esters is 1. The highest BCUT2D eigenvalue weighted by atomic mass is 16.5. The fourth-order valence-corrected chi connectivity index (χ4v) is 1.83. The van der Waals surface area contributed by atoms with Gasteiger partial charge < -0.3 is 14.8 Å². The van der Waals surface area contributed by atoms with E-state index in [9.17, 15) is 9.59 Å². The second-order valence-corrected chi connectivity index (χ2v) is 3.99. The lowest BCUT2D eigenvalue weighted by atomic mass is 9.78.